The van der Waals surface area contributed by atoms with E-state index in [-0.39, 0.29) is 160 Å². The maximum atomic E-state index is 12.6. The number of Topliss-reactive ketones (excluding diaryl/α,β-unsaturated/α-hetero) is 6. The van der Waals surface area contributed by atoms with Gasteiger partial charge >= 0.3 is 87.2 Å². The van der Waals surface area contributed by atoms with Crippen molar-refractivity contribution in [1.82, 2.24) is 0 Å². The van der Waals surface area contributed by atoms with Crippen molar-refractivity contribution < 1.29 is 148 Å². The first-order chi connectivity index (χ1) is 65.7. The second kappa shape index (κ2) is 66.1. The average molecular weight is 1950 g/mol. The van der Waals surface area contributed by atoms with Crippen LogP contribution in [0.25, 0.3) is 66.8 Å². The van der Waals surface area contributed by atoms with E-state index in [0.29, 0.717) is 32.7 Å². The molecule has 138 heavy (non-hydrogen) atoms. The monoisotopic (exact) mass is 1950 g/mol. The molecule has 0 saturated heterocycles. The van der Waals surface area contributed by atoms with Crippen LogP contribution < -0.4 is 56.5 Å². The van der Waals surface area contributed by atoms with Crippen LogP contribution in [-0.2, 0) is 120 Å². The molecule has 0 aliphatic heterocycles. The van der Waals surface area contributed by atoms with Crippen molar-refractivity contribution >= 4 is 92.4 Å². The number of hydrogen-bond donors (Lipinski definition) is 2. The molecule has 0 spiro atoms. The molecule has 2 N–H and O–H groups in total. The number of aliphatic carboxylic acids is 3. The standard InChI is InChI=1S/C22H24O4.C20H22O3.2C18H18O3.C14H11N.C14H12O2.C5H9BrO2.C4H6O3.K/c1-4-26-22(25)15(2)21(16(3)23)20(24)14-17-10-12-19(13-11-17)18-8-6-5-7-9-18;1-3-23-20(22)15(2)13-19(21)14-16-9-11-18(12-10-16)17-7-5-4-6-8-17;1-13(18(20)21)11-17(19)12-14-7-9-16(10-8-14)15-5-3-2-4-6-15;1-2-21-18(20)13-17(19)12-14-8-10-16(11-9-14)15-6-4-3-5-7-15;15-11-10-12-6-8-14(9-7-12)13-4-2-1-3-5-13;15-14(16)10-11-6-8-13(9-7-11)12-4-2-1-3-5-12;1-3-8-5(7)4(2)6;1-3(5)2-4(6)7;/h5-13,15,21H,4,14H2,1-3H3;4-12,15H,3,13-14H2,1-2H3;2-10,13H,11-12H2,1H3,(H,20,21);3-11H,2,12-13H2,1H3;1-9H,10H2;1-9H,10H2,(H,15,16);4H,3H2,1-2H3;2H2,1H3,(H,6,7);/q;;;;;;;;+1/p-1. The zero-order chi connectivity index (χ0) is 100. The summed E-state index contributed by atoms with van der Waals surface area (Å²) in [6.07, 6.45) is 1.23. The summed E-state index contributed by atoms with van der Waals surface area (Å²) in [5.74, 6) is -8.32. The van der Waals surface area contributed by atoms with Crippen LogP contribution in [0.15, 0.2) is 328 Å². The average Bonchev–Trinajstić information content (AvgIpc) is 0.832. The number of carbonyl (C=O) groups excluding carboxylic acids is 11. The van der Waals surface area contributed by atoms with E-state index in [1.165, 1.54) is 25.0 Å². The summed E-state index contributed by atoms with van der Waals surface area (Å²) in [4.78, 5) is 146. The first kappa shape index (κ1) is 117. The van der Waals surface area contributed by atoms with E-state index in [4.69, 9.17) is 29.7 Å². The molecule has 0 fully saturated rings. The third kappa shape index (κ3) is 46.4. The van der Waals surface area contributed by atoms with Gasteiger partial charge in [-0.05, 0) is 149 Å². The van der Waals surface area contributed by atoms with Crippen LogP contribution in [0, 0.1) is 35.0 Å². The summed E-state index contributed by atoms with van der Waals surface area (Å²) in [5.41, 5.74) is 19.1. The Morgan fingerprint density at radius 3 is 0.841 bits per heavy atom. The molecule has 12 aromatic rings. The van der Waals surface area contributed by atoms with Gasteiger partial charge in [-0.1, -0.05) is 364 Å². The number of nitrogens with zero attached hydrogens (tertiary/aromatic N) is 1. The van der Waals surface area contributed by atoms with E-state index < -0.39 is 54.0 Å². The number of ether oxygens (including phenoxy) is 4. The quantitative estimate of drug-likeness (QED) is 0.0121. The number of alkyl halides is 1. The van der Waals surface area contributed by atoms with Gasteiger partial charge in [0.15, 0.2) is 0 Å². The number of carbonyl (C=O) groups is 13. The Morgan fingerprint density at radius 2 is 0.594 bits per heavy atom. The summed E-state index contributed by atoms with van der Waals surface area (Å²) in [7, 11) is 0. The minimum Gasteiger partial charge on any atom is -0.550 e. The van der Waals surface area contributed by atoms with E-state index in [9.17, 15) is 67.4 Å². The second-order valence-electron chi connectivity index (χ2n) is 31.6. The van der Waals surface area contributed by atoms with Crippen LogP contribution in [0.5, 0.6) is 0 Å². The molecule has 12 aromatic carbocycles. The molecule has 5 unspecified atom stereocenters. The van der Waals surface area contributed by atoms with Gasteiger partial charge in [-0.25, -0.2) is 0 Å². The molecule has 712 valence electrons. The molecule has 0 aliphatic carbocycles. The predicted molar refractivity (Wildman–Crippen MR) is 535 cm³/mol. The van der Waals surface area contributed by atoms with E-state index in [2.05, 4.69) is 63.1 Å². The Morgan fingerprint density at radius 1 is 0.333 bits per heavy atom. The van der Waals surface area contributed by atoms with Crippen molar-refractivity contribution in [2.24, 2.45) is 23.7 Å². The molecule has 0 radical (unpaired) electrons. The minimum atomic E-state index is -1.31. The molecule has 0 heterocycles. The smallest absolute Gasteiger partial charge is 0.550 e. The number of nitriles is 1. The largest absolute Gasteiger partial charge is 1.00 e. The predicted octanol–water partition coefficient (Wildman–Crippen LogP) is 18.4. The van der Waals surface area contributed by atoms with Gasteiger partial charge in [-0.15, -0.1) is 0 Å². The van der Waals surface area contributed by atoms with Crippen molar-refractivity contribution in [3.8, 4) is 72.8 Å². The Bertz CT molecular complexity index is 5770. The number of halogens is 1. The van der Waals surface area contributed by atoms with E-state index >= 15 is 0 Å². The number of benzene rings is 12. The molecular formula is C115H119BrKNO20. The van der Waals surface area contributed by atoms with Crippen molar-refractivity contribution in [2.45, 2.75) is 138 Å². The fourth-order valence-corrected chi connectivity index (χ4v) is 13.5. The number of carboxylic acids is 3. The maximum absolute atomic E-state index is 12.6. The van der Waals surface area contributed by atoms with Crippen molar-refractivity contribution in [3.05, 3.63) is 361 Å². The molecular weight excluding hydrogens is 1830 g/mol. The van der Waals surface area contributed by atoms with Crippen LogP contribution >= 0.6 is 15.9 Å². The minimum absolute atomic E-state index is 0. The van der Waals surface area contributed by atoms with Crippen LogP contribution in [0.3, 0.4) is 0 Å². The molecule has 0 bridgehead atoms. The molecule has 5 atom stereocenters. The first-order valence-corrected chi connectivity index (χ1v) is 45.9. The summed E-state index contributed by atoms with van der Waals surface area (Å²) in [6.45, 7) is 17.4. The fourth-order valence-electron chi connectivity index (χ4n) is 13.4. The molecule has 0 amide bonds. The normalized spacial score (nSPS) is 11.1. The molecule has 12 rings (SSSR count). The SMILES string of the molecule is CC(=O)CC(=O)[O-].CC(CC(=O)Cc1ccc(-c2ccccc2)cc1)C(=O)O.CCOC(=O)C(C)Br.CCOC(=O)C(C)C(C(C)=O)C(=O)Cc1ccc(-c2ccccc2)cc1.CCOC(=O)C(C)CC(=O)Cc1ccc(-c2ccccc2)cc1.CCOC(=O)CC(=O)Cc1ccc(-c2ccccc2)cc1.N#CCc1ccc(-c2ccccc2)cc1.O=C(O)Cc1ccc(-c2ccccc2)cc1.[K+]. The third-order valence-electron chi connectivity index (χ3n) is 20.4. The van der Waals surface area contributed by atoms with Gasteiger partial charge in [0.05, 0.1) is 69.0 Å². The van der Waals surface area contributed by atoms with Gasteiger partial charge in [-0.3, -0.25) is 57.5 Å². The number of carboxylic acid groups (broad SMARTS) is 3. The van der Waals surface area contributed by atoms with Gasteiger partial charge in [-0.2, -0.15) is 5.26 Å². The molecule has 0 aromatic heterocycles. The summed E-state index contributed by atoms with van der Waals surface area (Å²) < 4.78 is 19.3. The molecule has 0 saturated carbocycles. The third-order valence-corrected chi connectivity index (χ3v) is 20.7. The van der Waals surface area contributed by atoms with Crippen LogP contribution in [0.2, 0.25) is 0 Å². The van der Waals surface area contributed by atoms with Crippen molar-refractivity contribution in [3.63, 3.8) is 0 Å². The summed E-state index contributed by atoms with van der Waals surface area (Å²) in [5, 5.41) is 35.5. The zero-order valence-electron chi connectivity index (χ0n) is 80.0. The van der Waals surface area contributed by atoms with E-state index in [1.54, 1.807) is 55.4 Å². The number of rotatable bonds is 36. The van der Waals surface area contributed by atoms with E-state index in [1.807, 2.05) is 291 Å². The second-order valence-corrected chi connectivity index (χ2v) is 33.0. The Labute approximate surface area is 860 Å². The summed E-state index contributed by atoms with van der Waals surface area (Å²) >= 11 is 3.07. The summed E-state index contributed by atoms with van der Waals surface area (Å²) in [6, 6.07) is 110. The first-order valence-electron chi connectivity index (χ1n) is 45.0. The number of hydrogen-bond acceptors (Lipinski definition) is 19. The Hall–Kier alpha value is -13.4. The van der Waals surface area contributed by atoms with Crippen molar-refractivity contribution in [1.29, 1.82) is 5.26 Å². The maximum Gasteiger partial charge on any atom is 1.00 e. The zero-order valence-corrected chi connectivity index (χ0v) is 84.7. The van der Waals surface area contributed by atoms with Crippen molar-refractivity contribution in [2.75, 3.05) is 26.4 Å². The topological polar surface area (TPSA) is 346 Å². The van der Waals surface area contributed by atoms with Gasteiger partial charge < -0.3 is 39.1 Å². The van der Waals surface area contributed by atoms with Crippen LogP contribution in [-0.4, -0.2) is 118 Å². The Balaban J connectivity index is 0.000000337. The Kier molecular flexibility index (Phi) is 56.0. The van der Waals surface area contributed by atoms with Gasteiger partial charge in [0.25, 0.3) is 0 Å². The van der Waals surface area contributed by atoms with E-state index in [0.717, 1.165) is 89.0 Å². The van der Waals surface area contributed by atoms with Gasteiger partial charge in [0, 0.05) is 50.9 Å². The van der Waals surface area contributed by atoms with Crippen LogP contribution in [0.1, 0.15) is 128 Å². The fraction of sp³-hybridized carbons (Fsp3) is 0.252. The number of esters is 4. The molecule has 0 aliphatic rings. The number of ketones is 6. The van der Waals surface area contributed by atoms with Gasteiger partial charge in [0.1, 0.15) is 45.9 Å². The van der Waals surface area contributed by atoms with Gasteiger partial charge in [0.2, 0.25) is 0 Å². The van der Waals surface area contributed by atoms with Crippen LogP contribution in [0.4, 0.5) is 0 Å². The molecule has 23 heteroatoms. The molecule has 21 nitrogen and oxygen atoms in total.